The molecule has 0 radical (unpaired) electrons. The van der Waals surface area contributed by atoms with E-state index in [1.807, 2.05) is 62.4 Å². The van der Waals surface area contributed by atoms with Crippen molar-refractivity contribution < 1.29 is 9.53 Å². The van der Waals surface area contributed by atoms with Gasteiger partial charge in [-0.05, 0) is 35.7 Å². The highest BCUT2D eigenvalue weighted by molar-refractivity contribution is 5.94. The Bertz CT molecular complexity index is 678. The fourth-order valence-electron chi connectivity index (χ4n) is 2.48. The molecule has 3 rings (SSSR count). The maximum Gasteiger partial charge on any atom is 0.341 e. The summed E-state index contributed by atoms with van der Waals surface area (Å²) in [6.45, 7) is 2.04. The Morgan fingerprint density at radius 2 is 1.95 bits per heavy atom. The largest absolute Gasteiger partial charge is 0.447 e. The number of rotatable bonds is 3. The molecule has 1 aromatic heterocycles. The minimum atomic E-state index is -0.394. The lowest BCUT2D eigenvalue weighted by atomic mass is 10.0. The molecule has 1 aliphatic heterocycles. The molecule has 4 heteroatoms. The smallest absolute Gasteiger partial charge is 0.341 e. The minimum absolute atomic E-state index is 0.283. The Kier molecular flexibility index (Phi) is 3.37. The zero-order valence-corrected chi connectivity index (χ0v) is 12.5. The number of hydrogen-bond acceptors (Lipinski definition) is 4. The van der Waals surface area contributed by atoms with Crippen molar-refractivity contribution >= 4 is 11.7 Å². The summed E-state index contributed by atoms with van der Waals surface area (Å²) in [6.07, 6.45) is 2.28. The van der Waals surface area contributed by atoms with E-state index in [0.29, 0.717) is 5.56 Å². The number of nitrogens with zero attached hydrogens (tertiary/aromatic N) is 2. The van der Waals surface area contributed by atoms with E-state index < -0.39 is 6.10 Å². The summed E-state index contributed by atoms with van der Waals surface area (Å²) in [5.74, 6) is -0.283. The van der Waals surface area contributed by atoms with Crippen molar-refractivity contribution in [3.8, 4) is 0 Å². The van der Waals surface area contributed by atoms with E-state index in [1.54, 1.807) is 0 Å². The topological polar surface area (TPSA) is 42.4 Å². The molecule has 0 N–H and O–H groups in total. The van der Waals surface area contributed by atoms with Crippen LogP contribution in [0.2, 0.25) is 0 Å². The first kappa shape index (κ1) is 13.6. The highest BCUT2D eigenvalue weighted by atomic mass is 16.5. The summed E-state index contributed by atoms with van der Waals surface area (Å²) in [5.41, 5.74) is 4.42. The summed E-state index contributed by atoms with van der Waals surface area (Å²) >= 11 is 0. The van der Waals surface area contributed by atoms with Crippen LogP contribution in [0.25, 0.3) is 0 Å². The number of carbonyl (C=O) groups excluding carboxylic acids is 1. The number of benzene rings is 1. The predicted octanol–water partition coefficient (Wildman–Crippen LogP) is 2.97. The molecule has 0 bridgehead atoms. The van der Waals surface area contributed by atoms with E-state index in [2.05, 4.69) is 4.98 Å². The molecular weight excluding hydrogens is 264 g/mol. The van der Waals surface area contributed by atoms with Crippen LogP contribution in [0.3, 0.4) is 0 Å². The summed E-state index contributed by atoms with van der Waals surface area (Å²) in [4.78, 5) is 18.5. The average molecular weight is 282 g/mol. The molecular formula is C17H18N2O2. The number of ether oxygens (including phenoxy) is 1. The van der Waals surface area contributed by atoms with E-state index in [9.17, 15) is 4.79 Å². The number of carbonyl (C=O) groups is 1. The minimum Gasteiger partial charge on any atom is -0.447 e. The second-order valence-corrected chi connectivity index (χ2v) is 5.40. The predicted molar refractivity (Wildman–Crippen MR) is 81.6 cm³/mol. The summed E-state index contributed by atoms with van der Waals surface area (Å²) in [6, 6.07) is 9.89. The van der Waals surface area contributed by atoms with E-state index in [4.69, 9.17) is 4.74 Å². The molecule has 2 heterocycles. The number of cyclic esters (lactones) is 1. The van der Waals surface area contributed by atoms with Crippen LogP contribution >= 0.6 is 0 Å². The van der Waals surface area contributed by atoms with Gasteiger partial charge >= 0.3 is 5.97 Å². The van der Waals surface area contributed by atoms with Gasteiger partial charge in [0.15, 0.2) is 6.10 Å². The highest BCUT2D eigenvalue weighted by Crippen LogP contribution is 2.35. The number of anilines is 1. The molecule has 0 amide bonds. The second kappa shape index (κ2) is 5.20. The van der Waals surface area contributed by atoms with E-state index in [1.165, 1.54) is 0 Å². The molecule has 1 aromatic carbocycles. The molecule has 4 nitrogen and oxygen atoms in total. The van der Waals surface area contributed by atoms with Gasteiger partial charge in [-0.3, -0.25) is 4.98 Å². The molecule has 21 heavy (non-hydrogen) atoms. The second-order valence-electron chi connectivity index (χ2n) is 5.40. The van der Waals surface area contributed by atoms with E-state index in [0.717, 1.165) is 28.9 Å². The quantitative estimate of drug-likeness (QED) is 0.812. The Labute approximate surface area is 124 Å². The third kappa shape index (κ3) is 2.37. The molecule has 2 aromatic rings. The van der Waals surface area contributed by atoms with Crippen LogP contribution in [0, 0.1) is 0 Å². The number of aromatic nitrogens is 1. The Morgan fingerprint density at radius 1 is 1.24 bits per heavy atom. The Hall–Kier alpha value is -2.36. The van der Waals surface area contributed by atoms with E-state index >= 15 is 0 Å². The standard InChI is InChI=1S/C17H18N2O2/c1-4-11-9-14-15(18-10-11)16(21-17(14)20)12-5-7-13(8-6-12)19(2)3/h5-10,16H,4H2,1-3H3. The summed E-state index contributed by atoms with van der Waals surface area (Å²) < 4.78 is 5.50. The lowest BCUT2D eigenvalue weighted by Crippen LogP contribution is -2.09. The van der Waals surface area contributed by atoms with Crippen molar-refractivity contribution in [2.45, 2.75) is 19.4 Å². The first-order chi connectivity index (χ1) is 10.1. The van der Waals surface area contributed by atoms with Crippen molar-refractivity contribution in [1.82, 2.24) is 4.98 Å². The molecule has 0 saturated carbocycles. The van der Waals surface area contributed by atoms with Gasteiger partial charge in [0, 0.05) is 26.0 Å². The zero-order valence-electron chi connectivity index (χ0n) is 12.5. The van der Waals surface area contributed by atoms with Crippen molar-refractivity contribution in [1.29, 1.82) is 0 Å². The van der Waals surface area contributed by atoms with Gasteiger partial charge in [-0.2, -0.15) is 0 Å². The summed E-state index contributed by atoms with van der Waals surface area (Å²) in [7, 11) is 3.99. The Morgan fingerprint density at radius 3 is 2.57 bits per heavy atom. The van der Waals surface area contributed by atoms with Crippen molar-refractivity contribution in [2.75, 3.05) is 19.0 Å². The molecule has 0 spiro atoms. The number of fused-ring (bicyclic) bond motifs is 1. The van der Waals surface area contributed by atoms with Crippen LogP contribution < -0.4 is 4.90 Å². The van der Waals surface area contributed by atoms with Gasteiger partial charge < -0.3 is 9.64 Å². The van der Waals surface area contributed by atoms with Gasteiger partial charge in [0.25, 0.3) is 0 Å². The maximum atomic E-state index is 12.0. The van der Waals surface area contributed by atoms with Crippen LogP contribution in [0.4, 0.5) is 5.69 Å². The highest BCUT2D eigenvalue weighted by Gasteiger charge is 2.33. The molecule has 108 valence electrons. The van der Waals surface area contributed by atoms with Gasteiger partial charge in [0.05, 0.1) is 5.56 Å². The number of pyridine rings is 1. The molecule has 0 fully saturated rings. The van der Waals surface area contributed by atoms with Crippen molar-refractivity contribution in [2.24, 2.45) is 0 Å². The SMILES string of the molecule is CCc1cnc2c(c1)C(=O)OC2c1ccc(N(C)C)cc1. The van der Waals surface area contributed by atoms with Crippen molar-refractivity contribution in [3.63, 3.8) is 0 Å². The monoisotopic (exact) mass is 282 g/mol. The third-order valence-electron chi connectivity index (χ3n) is 3.79. The number of aryl methyl sites for hydroxylation is 1. The van der Waals surface area contributed by atoms with E-state index in [-0.39, 0.29) is 5.97 Å². The normalized spacial score (nSPS) is 16.5. The lowest BCUT2D eigenvalue weighted by molar-refractivity contribution is 0.0452. The van der Waals surface area contributed by atoms with Crippen LogP contribution in [-0.2, 0) is 11.2 Å². The fraction of sp³-hybridized carbons (Fsp3) is 0.294. The zero-order chi connectivity index (χ0) is 15.0. The molecule has 1 aliphatic rings. The third-order valence-corrected chi connectivity index (χ3v) is 3.79. The van der Waals surface area contributed by atoms with Gasteiger partial charge in [-0.25, -0.2) is 4.79 Å². The molecule has 0 saturated heterocycles. The van der Waals surface area contributed by atoms with Gasteiger partial charge in [-0.15, -0.1) is 0 Å². The molecule has 0 aliphatic carbocycles. The molecule has 1 unspecified atom stereocenters. The first-order valence-corrected chi connectivity index (χ1v) is 7.07. The summed E-state index contributed by atoms with van der Waals surface area (Å²) in [5, 5.41) is 0. The molecule has 1 atom stereocenters. The lowest BCUT2D eigenvalue weighted by Gasteiger charge is -2.15. The average Bonchev–Trinajstić information content (AvgIpc) is 2.84. The van der Waals surface area contributed by atoms with Gasteiger partial charge in [-0.1, -0.05) is 19.1 Å². The van der Waals surface area contributed by atoms with Crippen LogP contribution in [-0.4, -0.2) is 25.0 Å². The fourth-order valence-corrected chi connectivity index (χ4v) is 2.48. The number of hydrogen-bond donors (Lipinski definition) is 0. The number of esters is 1. The van der Waals surface area contributed by atoms with Crippen LogP contribution in [0.5, 0.6) is 0 Å². The van der Waals surface area contributed by atoms with Gasteiger partial charge in [0.2, 0.25) is 0 Å². The Balaban J connectivity index is 1.97. The van der Waals surface area contributed by atoms with Gasteiger partial charge in [0.1, 0.15) is 5.69 Å². The first-order valence-electron chi connectivity index (χ1n) is 7.07. The van der Waals surface area contributed by atoms with Crippen molar-refractivity contribution in [3.05, 3.63) is 58.9 Å². The maximum absolute atomic E-state index is 12.0. The van der Waals surface area contributed by atoms with Crippen LogP contribution in [0.1, 0.15) is 40.2 Å². The van der Waals surface area contributed by atoms with Crippen LogP contribution in [0.15, 0.2) is 36.5 Å².